The highest BCUT2D eigenvalue weighted by Gasteiger charge is 2.09. The molecule has 0 rings (SSSR count). The molecule has 0 aliphatic carbocycles. The fourth-order valence-electron chi connectivity index (χ4n) is 0.611. The summed E-state index contributed by atoms with van der Waals surface area (Å²) in [6, 6.07) is -0.458. The molecule has 0 saturated carbocycles. The third-order valence-corrected chi connectivity index (χ3v) is 1.12. The van der Waals surface area contributed by atoms with Gasteiger partial charge < -0.3 is 15.4 Å². The van der Waals surface area contributed by atoms with Gasteiger partial charge in [-0.15, -0.1) is 0 Å². The van der Waals surface area contributed by atoms with E-state index >= 15 is 0 Å². The number of carbonyl (C=O) groups is 2. The van der Waals surface area contributed by atoms with E-state index in [1.54, 1.807) is 13.8 Å². The summed E-state index contributed by atoms with van der Waals surface area (Å²) < 4.78 is 4.60. The van der Waals surface area contributed by atoms with E-state index in [0.717, 1.165) is 0 Å². The minimum Gasteiger partial charge on any atom is -0.461 e. The van der Waals surface area contributed by atoms with E-state index in [-0.39, 0.29) is 12.3 Å². The highest BCUT2D eigenvalue weighted by atomic mass is 16.5. The Kier molecular flexibility index (Phi) is 5.34. The predicted molar refractivity (Wildman–Crippen MR) is 48.0 cm³/mol. The Bertz CT molecular complexity index is 213. The van der Waals surface area contributed by atoms with Gasteiger partial charge in [0.15, 0.2) is 0 Å². The molecular weight excluding hydrogens is 172 g/mol. The van der Waals surface area contributed by atoms with Crippen LogP contribution in [-0.2, 0) is 9.53 Å². The first kappa shape index (κ1) is 11.5. The molecule has 0 aliphatic rings. The van der Waals surface area contributed by atoms with Gasteiger partial charge in [0.05, 0.1) is 6.61 Å². The average molecular weight is 186 g/mol. The molecule has 2 amide bonds. The van der Waals surface area contributed by atoms with Gasteiger partial charge in [0, 0.05) is 6.54 Å². The molecule has 0 atom stereocenters. The topological polar surface area (TPSA) is 67.4 Å². The van der Waals surface area contributed by atoms with Gasteiger partial charge in [-0.2, -0.15) is 0 Å². The quantitative estimate of drug-likeness (QED) is 0.492. The number of rotatable bonds is 4. The van der Waals surface area contributed by atoms with Crippen LogP contribution in [0.2, 0.25) is 0 Å². The first-order valence-electron chi connectivity index (χ1n) is 4.02. The summed E-state index contributed by atoms with van der Waals surface area (Å²) in [5.41, 5.74) is -0.0622. The van der Waals surface area contributed by atoms with Gasteiger partial charge in [0.2, 0.25) is 0 Å². The second-order valence-corrected chi connectivity index (χ2v) is 2.18. The molecule has 5 heteroatoms. The molecule has 0 radical (unpaired) electrons. The average Bonchev–Trinajstić information content (AvgIpc) is 2.05. The van der Waals surface area contributed by atoms with E-state index in [2.05, 4.69) is 21.9 Å². The van der Waals surface area contributed by atoms with Crippen molar-refractivity contribution < 1.29 is 14.3 Å². The summed E-state index contributed by atoms with van der Waals surface area (Å²) >= 11 is 0. The minimum atomic E-state index is -0.617. The van der Waals surface area contributed by atoms with Crippen LogP contribution >= 0.6 is 0 Å². The normalized spacial score (nSPS) is 8.77. The van der Waals surface area contributed by atoms with Gasteiger partial charge in [-0.25, -0.2) is 9.59 Å². The number of esters is 1. The van der Waals surface area contributed by atoms with Crippen molar-refractivity contribution >= 4 is 12.0 Å². The van der Waals surface area contributed by atoms with E-state index in [0.29, 0.717) is 6.54 Å². The molecule has 0 aliphatic heterocycles. The highest BCUT2D eigenvalue weighted by Crippen LogP contribution is 1.89. The Balaban J connectivity index is 3.86. The maximum atomic E-state index is 10.9. The molecule has 0 aromatic heterocycles. The lowest BCUT2D eigenvalue weighted by atomic mass is 10.5. The standard InChI is InChI=1S/C8H14N2O3/c1-4-9-8(12)10-6(3)7(11)13-5-2/h3-5H2,1-2H3,(H2,9,10,12). The number of hydrogen-bond acceptors (Lipinski definition) is 3. The summed E-state index contributed by atoms with van der Waals surface area (Å²) in [6.45, 7) is 7.54. The SMILES string of the molecule is C=C(NC(=O)NCC)C(=O)OCC. The zero-order valence-electron chi connectivity index (χ0n) is 7.85. The van der Waals surface area contributed by atoms with Crippen molar-refractivity contribution in [2.45, 2.75) is 13.8 Å². The molecule has 0 heterocycles. The Labute approximate surface area is 77.1 Å². The maximum absolute atomic E-state index is 10.9. The number of hydrogen-bond donors (Lipinski definition) is 2. The monoisotopic (exact) mass is 186 g/mol. The summed E-state index contributed by atoms with van der Waals surface area (Å²) in [7, 11) is 0. The Hall–Kier alpha value is -1.52. The zero-order valence-corrected chi connectivity index (χ0v) is 7.85. The van der Waals surface area contributed by atoms with Gasteiger partial charge in [-0.3, -0.25) is 0 Å². The molecule has 2 N–H and O–H groups in total. The molecule has 0 spiro atoms. The third-order valence-electron chi connectivity index (χ3n) is 1.12. The molecule has 13 heavy (non-hydrogen) atoms. The maximum Gasteiger partial charge on any atom is 0.354 e. The largest absolute Gasteiger partial charge is 0.461 e. The van der Waals surface area contributed by atoms with Crippen molar-refractivity contribution in [2.24, 2.45) is 0 Å². The van der Waals surface area contributed by atoms with Crippen molar-refractivity contribution in [1.29, 1.82) is 0 Å². The van der Waals surface area contributed by atoms with Gasteiger partial charge in [0.1, 0.15) is 5.70 Å². The number of amides is 2. The Morgan fingerprint density at radius 1 is 1.38 bits per heavy atom. The van der Waals surface area contributed by atoms with E-state index in [1.807, 2.05) is 0 Å². The molecule has 5 nitrogen and oxygen atoms in total. The van der Waals surface area contributed by atoms with Crippen molar-refractivity contribution in [2.75, 3.05) is 13.2 Å². The first-order chi connectivity index (χ1) is 6.11. The summed E-state index contributed by atoms with van der Waals surface area (Å²) in [6.07, 6.45) is 0. The van der Waals surface area contributed by atoms with Gasteiger partial charge >= 0.3 is 12.0 Å². The third kappa shape index (κ3) is 4.84. The smallest absolute Gasteiger partial charge is 0.354 e. The van der Waals surface area contributed by atoms with Gasteiger partial charge in [0.25, 0.3) is 0 Å². The van der Waals surface area contributed by atoms with Crippen molar-refractivity contribution in [1.82, 2.24) is 10.6 Å². The molecule has 0 fully saturated rings. The lowest BCUT2D eigenvalue weighted by molar-refractivity contribution is -0.138. The fourth-order valence-corrected chi connectivity index (χ4v) is 0.611. The van der Waals surface area contributed by atoms with Crippen LogP contribution in [0.4, 0.5) is 4.79 Å². The van der Waals surface area contributed by atoms with Crippen LogP contribution < -0.4 is 10.6 Å². The van der Waals surface area contributed by atoms with Crippen LogP contribution in [-0.4, -0.2) is 25.2 Å². The van der Waals surface area contributed by atoms with Crippen molar-refractivity contribution in [3.05, 3.63) is 12.3 Å². The van der Waals surface area contributed by atoms with Crippen LogP contribution in [0, 0.1) is 0 Å². The van der Waals surface area contributed by atoms with Crippen LogP contribution in [0.1, 0.15) is 13.8 Å². The van der Waals surface area contributed by atoms with Crippen LogP contribution in [0.15, 0.2) is 12.3 Å². The summed E-state index contributed by atoms with van der Waals surface area (Å²) in [5, 5.41) is 4.70. The van der Waals surface area contributed by atoms with Crippen molar-refractivity contribution in [3.8, 4) is 0 Å². The Morgan fingerprint density at radius 2 is 2.00 bits per heavy atom. The lowest BCUT2D eigenvalue weighted by Crippen LogP contribution is -2.36. The predicted octanol–water partition coefficient (Wildman–Crippen LogP) is 0.382. The molecule has 0 bridgehead atoms. The van der Waals surface area contributed by atoms with Crippen LogP contribution in [0.3, 0.4) is 0 Å². The molecule has 0 aromatic carbocycles. The van der Waals surface area contributed by atoms with E-state index in [9.17, 15) is 9.59 Å². The highest BCUT2D eigenvalue weighted by molar-refractivity contribution is 5.92. The van der Waals surface area contributed by atoms with Crippen LogP contribution in [0.25, 0.3) is 0 Å². The fraction of sp³-hybridized carbons (Fsp3) is 0.500. The van der Waals surface area contributed by atoms with E-state index in [1.165, 1.54) is 0 Å². The first-order valence-corrected chi connectivity index (χ1v) is 4.02. The summed E-state index contributed by atoms with van der Waals surface area (Å²) in [4.78, 5) is 21.8. The number of nitrogens with one attached hydrogen (secondary N) is 2. The molecule has 74 valence electrons. The lowest BCUT2D eigenvalue weighted by Gasteiger charge is -2.07. The molecule has 0 unspecified atom stereocenters. The second kappa shape index (κ2) is 6.05. The van der Waals surface area contributed by atoms with Gasteiger partial charge in [-0.1, -0.05) is 6.58 Å². The number of urea groups is 1. The molecular formula is C8H14N2O3. The van der Waals surface area contributed by atoms with E-state index < -0.39 is 12.0 Å². The van der Waals surface area contributed by atoms with Gasteiger partial charge in [-0.05, 0) is 13.8 Å². The minimum absolute atomic E-state index is 0.0622. The summed E-state index contributed by atoms with van der Waals surface area (Å²) in [5.74, 6) is -0.617. The molecule has 0 aromatic rings. The van der Waals surface area contributed by atoms with Crippen LogP contribution in [0.5, 0.6) is 0 Å². The second-order valence-electron chi connectivity index (χ2n) is 2.18. The zero-order chi connectivity index (χ0) is 10.3. The van der Waals surface area contributed by atoms with E-state index in [4.69, 9.17) is 0 Å². The number of carbonyl (C=O) groups excluding carboxylic acids is 2. The van der Waals surface area contributed by atoms with Crippen molar-refractivity contribution in [3.63, 3.8) is 0 Å². The molecule has 0 saturated heterocycles. The Morgan fingerprint density at radius 3 is 2.46 bits per heavy atom. The number of ether oxygens (including phenoxy) is 1.